The van der Waals surface area contributed by atoms with Crippen LogP contribution in [0.1, 0.15) is 34.1 Å². The number of hydrogen-bond donors (Lipinski definition) is 1. The summed E-state index contributed by atoms with van der Waals surface area (Å²) in [6.45, 7) is 12.9. The zero-order chi connectivity index (χ0) is 15.7. The number of halogens is 1. The van der Waals surface area contributed by atoms with Crippen molar-refractivity contribution >= 4 is 42.6 Å². The highest BCUT2D eigenvalue weighted by Gasteiger charge is 2.47. The molecule has 1 amide bonds. The van der Waals surface area contributed by atoms with Gasteiger partial charge in [-0.15, -0.1) is 0 Å². The third-order valence-corrected chi connectivity index (χ3v) is 9.88. The van der Waals surface area contributed by atoms with Crippen molar-refractivity contribution in [2.24, 2.45) is 5.92 Å². The molecule has 0 aliphatic carbocycles. The van der Waals surface area contributed by atoms with Gasteiger partial charge in [0.2, 0.25) is 5.91 Å². The smallest absolute Gasteiger partial charge is 0.228 e. The van der Waals surface area contributed by atoms with E-state index in [0.717, 1.165) is 0 Å². The van der Waals surface area contributed by atoms with Gasteiger partial charge in [-0.3, -0.25) is 9.59 Å². The van der Waals surface area contributed by atoms with Crippen LogP contribution in [-0.2, 0) is 14.0 Å². The van der Waals surface area contributed by atoms with E-state index in [1.807, 2.05) is 6.92 Å². The lowest BCUT2D eigenvalue weighted by molar-refractivity contribution is -0.141. The monoisotopic (exact) mass is 411 g/mol. The van der Waals surface area contributed by atoms with Crippen molar-refractivity contribution in [3.05, 3.63) is 0 Å². The molecule has 1 saturated heterocycles. The number of Topliss-reactive ketones (excluding diaryl/α,β-unsaturated/α-hetero) is 1. The second kappa shape index (κ2) is 6.44. The Hall–Kier alpha value is 0.0469. The molecule has 1 rings (SSSR count). The number of nitrogens with one attached hydrogen (secondary N) is 1. The molecule has 3 atom stereocenters. The largest absolute Gasteiger partial charge is 0.413 e. The minimum absolute atomic E-state index is 0.0162. The maximum absolute atomic E-state index is 11.8. The Morgan fingerprint density at radius 2 is 2.00 bits per heavy atom. The first-order valence-corrected chi connectivity index (χ1v) is 11.5. The molecule has 1 aliphatic heterocycles. The summed E-state index contributed by atoms with van der Waals surface area (Å²) in [5.74, 6) is 0.0126. The lowest BCUT2D eigenvalue weighted by Gasteiger charge is -2.45. The Morgan fingerprint density at radius 1 is 1.45 bits per heavy atom. The van der Waals surface area contributed by atoms with Gasteiger partial charge in [-0.05, 0) is 25.1 Å². The van der Waals surface area contributed by atoms with Crippen LogP contribution in [0.15, 0.2) is 0 Å². The summed E-state index contributed by atoms with van der Waals surface area (Å²) in [6.07, 6.45) is 0.293. The fraction of sp³-hybridized carbons (Fsp3) is 0.857. The van der Waals surface area contributed by atoms with Crippen LogP contribution < -0.4 is 5.32 Å². The summed E-state index contributed by atoms with van der Waals surface area (Å²) >= 11 is 2.06. The fourth-order valence-corrected chi connectivity index (χ4v) is 3.93. The van der Waals surface area contributed by atoms with Gasteiger partial charge >= 0.3 is 0 Å². The number of carbonyl (C=O) groups is 2. The summed E-state index contributed by atoms with van der Waals surface area (Å²) in [7, 11) is -1.89. The van der Waals surface area contributed by atoms with E-state index in [1.165, 1.54) is 0 Å². The number of alkyl halides is 1. The Labute approximate surface area is 136 Å². The molecule has 1 aliphatic rings. The number of amides is 1. The number of ketones is 1. The molecule has 4 nitrogen and oxygen atoms in total. The summed E-state index contributed by atoms with van der Waals surface area (Å²) in [6, 6.07) is -0.0514. The van der Waals surface area contributed by atoms with E-state index in [-0.39, 0.29) is 34.8 Å². The number of hydrogen-bond acceptors (Lipinski definition) is 3. The van der Waals surface area contributed by atoms with Gasteiger partial charge in [0.25, 0.3) is 0 Å². The maximum Gasteiger partial charge on any atom is 0.228 e. The van der Waals surface area contributed by atoms with Crippen LogP contribution in [0, 0.1) is 5.92 Å². The van der Waals surface area contributed by atoms with Crippen LogP contribution in [-0.4, -0.2) is 36.6 Å². The highest BCUT2D eigenvalue weighted by Crippen LogP contribution is 2.39. The minimum atomic E-state index is -1.89. The van der Waals surface area contributed by atoms with Gasteiger partial charge in [-0.2, -0.15) is 0 Å². The van der Waals surface area contributed by atoms with Crippen molar-refractivity contribution in [2.75, 3.05) is 4.43 Å². The standard InChI is InChI=1S/C14H26INO3Si/c1-9(19-20(5,6)14(2,3)4)12-11(16-13(12)18)7-10(17)8-15/h9,11-12H,7-8H2,1-6H3,(H,16,18)/t9-,11-,12-/m1/s1. The predicted octanol–water partition coefficient (Wildman–Crippen LogP) is 2.91. The van der Waals surface area contributed by atoms with Crippen molar-refractivity contribution in [2.45, 2.75) is 64.4 Å². The van der Waals surface area contributed by atoms with Gasteiger partial charge < -0.3 is 9.74 Å². The van der Waals surface area contributed by atoms with E-state index < -0.39 is 8.32 Å². The topological polar surface area (TPSA) is 55.4 Å². The number of β-lactam (4-membered cyclic amide) rings is 1. The number of rotatable bonds is 6. The van der Waals surface area contributed by atoms with E-state index in [2.05, 4.69) is 61.8 Å². The molecule has 20 heavy (non-hydrogen) atoms. The molecule has 0 unspecified atom stereocenters. The first kappa shape index (κ1) is 18.1. The van der Waals surface area contributed by atoms with Crippen molar-refractivity contribution < 1.29 is 14.0 Å². The summed E-state index contributed by atoms with van der Waals surface area (Å²) in [5.41, 5.74) is 0. The molecule has 0 radical (unpaired) electrons. The SMILES string of the molecule is C[C@@H](O[Si](C)(C)C(C)(C)C)[C@H]1C(=O)N[C@@H]1CC(=O)CI. The van der Waals surface area contributed by atoms with Crippen molar-refractivity contribution in [1.29, 1.82) is 0 Å². The van der Waals surface area contributed by atoms with E-state index in [0.29, 0.717) is 10.8 Å². The van der Waals surface area contributed by atoms with Gasteiger partial charge in [0.05, 0.1) is 16.4 Å². The van der Waals surface area contributed by atoms with Gasteiger partial charge in [-0.25, -0.2) is 0 Å². The molecule has 1 N–H and O–H groups in total. The van der Waals surface area contributed by atoms with Crippen LogP contribution in [0.25, 0.3) is 0 Å². The molecule has 0 bridgehead atoms. The lowest BCUT2D eigenvalue weighted by Crippen LogP contribution is -2.64. The van der Waals surface area contributed by atoms with Crippen LogP contribution in [0.3, 0.4) is 0 Å². The van der Waals surface area contributed by atoms with E-state index in [9.17, 15) is 9.59 Å². The second-order valence-corrected chi connectivity index (χ2v) is 12.6. The first-order chi connectivity index (χ1) is 8.99. The van der Waals surface area contributed by atoms with E-state index in [1.54, 1.807) is 0 Å². The van der Waals surface area contributed by atoms with Crippen LogP contribution in [0.5, 0.6) is 0 Å². The van der Waals surface area contributed by atoms with Gasteiger partial charge in [0.15, 0.2) is 8.32 Å². The maximum atomic E-state index is 11.8. The molecule has 0 aromatic carbocycles. The quantitative estimate of drug-likeness (QED) is 0.317. The van der Waals surface area contributed by atoms with Crippen molar-refractivity contribution in [3.63, 3.8) is 0 Å². The zero-order valence-corrected chi connectivity index (χ0v) is 16.4. The summed E-state index contributed by atoms with van der Waals surface area (Å²) in [5, 5.41) is 2.96. The highest BCUT2D eigenvalue weighted by molar-refractivity contribution is 14.1. The molecule has 6 heteroatoms. The summed E-state index contributed by atoms with van der Waals surface area (Å²) < 4.78 is 6.78. The molecule has 116 valence electrons. The second-order valence-electron chi connectivity index (χ2n) is 7.10. The third kappa shape index (κ3) is 4.04. The van der Waals surface area contributed by atoms with E-state index in [4.69, 9.17) is 4.43 Å². The molecule has 1 fully saturated rings. The van der Waals surface area contributed by atoms with Gasteiger partial charge in [0.1, 0.15) is 5.78 Å². The Bertz CT molecular complexity index is 392. The molecular formula is C14H26INO3Si. The molecule has 0 aromatic rings. The predicted molar refractivity (Wildman–Crippen MR) is 91.7 cm³/mol. The summed E-state index contributed by atoms with van der Waals surface area (Å²) in [4.78, 5) is 23.3. The van der Waals surface area contributed by atoms with Crippen LogP contribution in [0.2, 0.25) is 18.1 Å². The fourth-order valence-electron chi connectivity index (χ4n) is 2.19. The van der Waals surface area contributed by atoms with Crippen molar-refractivity contribution in [1.82, 2.24) is 5.32 Å². The van der Waals surface area contributed by atoms with Crippen LogP contribution in [0.4, 0.5) is 0 Å². The molecule has 0 saturated carbocycles. The molecule has 0 aromatic heterocycles. The third-order valence-electron chi connectivity index (χ3n) is 4.45. The Balaban J connectivity index is 2.68. The van der Waals surface area contributed by atoms with Crippen molar-refractivity contribution in [3.8, 4) is 0 Å². The Morgan fingerprint density at radius 3 is 2.40 bits per heavy atom. The average Bonchev–Trinajstić information content (AvgIpc) is 2.25. The van der Waals surface area contributed by atoms with E-state index >= 15 is 0 Å². The normalized spacial score (nSPS) is 24.9. The zero-order valence-electron chi connectivity index (χ0n) is 13.2. The first-order valence-electron chi connectivity index (χ1n) is 7.05. The van der Waals surface area contributed by atoms with Crippen LogP contribution >= 0.6 is 22.6 Å². The average molecular weight is 411 g/mol. The highest BCUT2D eigenvalue weighted by atomic mass is 127. The minimum Gasteiger partial charge on any atom is -0.413 e. The molecule has 1 heterocycles. The molecular weight excluding hydrogens is 385 g/mol. The van der Waals surface area contributed by atoms with Gasteiger partial charge in [-0.1, -0.05) is 43.4 Å². The Kier molecular flexibility index (Phi) is 5.82. The van der Waals surface area contributed by atoms with Gasteiger partial charge in [0, 0.05) is 12.5 Å². The lowest BCUT2D eigenvalue weighted by atomic mass is 9.83. The number of carbonyl (C=O) groups excluding carboxylic acids is 2. The molecule has 0 spiro atoms.